The Morgan fingerprint density at radius 2 is 1.71 bits per heavy atom. The zero-order valence-electron chi connectivity index (χ0n) is 22.0. The van der Waals surface area contributed by atoms with Crippen molar-refractivity contribution in [3.63, 3.8) is 0 Å². The summed E-state index contributed by atoms with van der Waals surface area (Å²) in [5.41, 5.74) is 0.563. The van der Waals surface area contributed by atoms with Crippen LogP contribution in [0.2, 0.25) is 0 Å². The third-order valence-corrected chi connectivity index (χ3v) is 6.95. The number of ketones is 1. The third-order valence-electron chi connectivity index (χ3n) is 5.76. The summed E-state index contributed by atoms with van der Waals surface area (Å²) >= 11 is 1.03. The lowest BCUT2D eigenvalue weighted by Gasteiger charge is -2.14. The minimum Gasteiger partial charge on any atom is -0.480 e. The lowest BCUT2D eigenvalue weighted by Crippen LogP contribution is -2.18. The van der Waals surface area contributed by atoms with E-state index < -0.39 is 40.6 Å². The van der Waals surface area contributed by atoms with Crippen LogP contribution in [0, 0.1) is 21.7 Å². The van der Waals surface area contributed by atoms with Gasteiger partial charge in [-0.15, -0.1) is 21.5 Å². The number of methoxy groups -OCH3 is 1. The molecule has 0 aliphatic rings. The molecule has 0 saturated carbocycles. The van der Waals surface area contributed by atoms with Crippen LogP contribution in [0.3, 0.4) is 0 Å². The predicted octanol–water partition coefficient (Wildman–Crippen LogP) is 5.44. The quantitative estimate of drug-likeness (QED) is 0.147. The van der Waals surface area contributed by atoms with Crippen LogP contribution in [0.1, 0.15) is 27.2 Å². The van der Waals surface area contributed by atoms with Gasteiger partial charge < -0.3 is 14.4 Å². The fraction of sp³-hybridized carbons (Fsp3) is 0.185. The van der Waals surface area contributed by atoms with Gasteiger partial charge in [0.2, 0.25) is 11.7 Å². The van der Waals surface area contributed by atoms with Crippen molar-refractivity contribution in [2.45, 2.75) is 13.2 Å². The summed E-state index contributed by atoms with van der Waals surface area (Å²) in [6.07, 6.45) is -1.06. The molecule has 4 aromatic rings. The summed E-state index contributed by atoms with van der Waals surface area (Å²) in [7, 11) is 4.96. The molecule has 0 aliphatic heterocycles. The van der Waals surface area contributed by atoms with Crippen LogP contribution in [0.5, 0.6) is 5.88 Å². The standard InChI is InChI=1S/C27H23F2N5O6S/c1-33(2)13-17-23(24(35)21-11-12-22(39-3)32-31-21)26(41-25(17)15-7-9-16(10-8-15)34(37)38)30-27(36)40-14-18-19(28)5-4-6-20(18)29/h4-12H,13-14H2,1-3H3,(H,30,36). The molecule has 0 spiro atoms. The highest BCUT2D eigenvalue weighted by atomic mass is 32.1. The Kier molecular flexibility index (Phi) is 8.94. The number of nitrogens with zero attached hydrogens (tertiary/aromatic N) is 4. The molecular weight excluding hydrogens is 560 g/mol. The van der Waals surface area contributed by atoms with Gasteiger partial charge in [-0.05, 0) is 55.6 Å². The lowest BCUT2D eigenvalue weighted by atomic mass is 10.00. The van der Waals surface area contributed by atoms with Crippen molar-refractivity contribution >= 4 is 33.9 Å². The Hall–Kier alpha value is -4.82. The zero-order chi connectivity index (χ0) is 29.7. The minimum atomic E-state index is -1.06. The monoisotopic (exact) mass is 583 g/mol. The minimum absolute atomic E-state index is 0.0382. The smallest absolute Gasteiger partial charge is 0.412 e. The van der Waals surface area contributed by atoms with E-state index in [-0.39, 0.29) is 34.4 Å². The second-order valence-corrected chi connectivity index (χ2v) is 9.87. The third kappa shape index (κ3) is 6.67. The molecular formula is C27H23F2N5O6S. The summed E-state index contributed by atoms with van der Waals surface area (Å²) in [5, 5.41) is 21.6. The largest absolute Gasteiger partial charge is 0.480 e. The molecule has 212 valence electrons. The van der Waals surface area contributed by atoms with Crippen LogP contribution in [0.15, 0.2) is 54.6 Å². The van der Waals surface area contributed by atoms with Crippen molar-refractivity contribution in [3.8, 4) is 16.3 Å². The molecule has 0 bridgehead atoms. The van der Waals surface area contributed by atoms with Gasteiger partial charge in [-0.2, -0.15) is 0 Å². The Morgan fingerprint density at radius 3 is 2.27 bits per heavy atom. The molecule has 2 heterocycles. The molecule has 4 rings (SSSR count). The number of non-ortho nitro benzene ring substituents is 1. The highest BCUT2D eigenvalue weighted by Crippen LogP contribution is 2.42. The average Bonchev–Trinajstić information content (AvgIpc) is 3.28. The maximum absolute atomic E-state index is 14.0. The van der Waals surface area contributed by atoms with Gasteiger partial charge in [-0.3, -0.25) is 20.2 Å². The van der Waals surface area contributed by atoms with Gasteiger partial charge in [0.1, 0.15) is 28.9 Å². The summed E-state index contributed by atoms with van der Waals surface area (Å²) in [4.78, 5) is 39.5. The van der Waals surface area contributed by atoms with Crippen molar-refractivity contribution in [1.82, 2.24) is 15.1 Å². The molecule has 14 heteroatoms. The Morgan fingerprint density at radius 1 is 1.02 bits per heavy atom. The first-order valence-corrected chi connectivity index (χ1v) is 12.7. The molecule has 11 nitrogen and oxygen atoms in total. The van der Waals surface area contributed by atoms with Gasteiger partial charge in [0.05, 0.1) is 23.2 Å². The number of halogens is 2. The van der Waals surface area contributed by atoms with Crippen LogP contribution in [-0.2, 0) is 17.9 Å². The van der Waals surface area contributed by atoms with Crippen molar-refractivity contribution in [1.29, 1.82) is 0 Å². The highest BCUT2D eigenvalue weighted by Gasteiger charge is 2.28. The summed E-state index contributed by atoms with van der Waals surface area (Å²) < 4.78 is 38.1. The second kappa shape index (κ2) is 12.6. The van der Waals surface area contributed by atoms with Crippen LogP contribution < -0.4 is 10.1 Å². The number of carbonyl (C=O) groups is 2. The Bertz CT molecular complexity index is 1570. The molecule has 1 amide bonds. The van der Waals surface area contributed by atoms with Crippen LogP contribution >= 0.6 is 11.3 Å². The van der Waals surface area contributed by atoms with E-state index in [1.165, 1.54) is 49.6 Å². The second-order valence-electron chi connectivity index (χ2n) is 8.85. The highest BCUT2D eigenvalue weighted by molar-refractivity contribution is 7.20. The van der Waals surface area contributed by atoms with E-state index in [0.717, 1.165) is 23.5 Å². The number of benzene rings is 2. The normalized spacial score (nSPS) is 10.9. The molecule has 1 N–H and O–H groups in total. The van der Waals surface area contributed by atoms with Crippen molar-refractivity contribution < 1.29 is 32.8 Å². The van der Waals surface area contributed by atoms with Gasteiger partial charge in [0, 0.05) is 29.6 Å². The van der Waals surface area contributed by atoms with E-state index in [1.54, 1.807) is 19.0 Å². The van der Waals surface area contributed by atoms with Crippen molar-refractivity contribution in [2.24, 2.45) is 0 Å². The molecule has 0 unspecified atom stereocenters. The summed E-state index contributed by atoms with van der Waals surface area (Å²) in [6, 6.07) is 11.9. The van der Waals surface area contributed by atoms with Crippen LogP contribution in [0.4, 0.5) is 24.3 Å². The van der Waals surface area contributed by atoms with Crippen LogP contribution in [0.25, 0.3) is 10.4 Å². The van der Waals surface area contributed by atoms with Gasteiger partial charge in [-0.25, -0.2) is 13.6 Å². The first-order chi connectivity index (χ1) is 19.6. The number of hydrogen-bond donors (Lipinski definition) is 1. The summed E-state index contributed by atoms with van der Waals surface area (Å²) in [5.74, 6) is -2.14. The number of aromatic nitrogens is 2. The maximum Gasteiger partial charge on any atom is 0.412 e. The molecule has 0 radical (unpaired) electrons. The Labute approximate surface area is 236 Å². The fourth-order valence-corrected chi connectivity index (χ4v) is 5.04. The molecule has 0 saturated heterocycles. The van der Waals surface area contributed by atoms with E-state index in [2.05, 4.69) is 15.5 Å². The SMILES string of the molecule is COc1ccc(C(=O)c2c(NC(=O)OCc3c(F)cccc3F)sc(-c3ccc([N+](=O)[O-])cc3)c2CN(C)C)nn1. The van der Waals surface area contributed by atoms with Gasteiger partial charge >= 0.3 is 6.09 Å². The molecule has 2 aromatic heterocycles. The number of anilines is 1. The van der Waals surface area contributed by atoms with E-state index in [4.69, 9.17) is 9.47 Å². The Balaban J connectivity index is 1.77. The topological polar surface area (TPSA) is 137 Å². The van der Waals surface area contributed by atoms with Crippen molar-refractivity contribution in [2.75, 3.05) is 26.5 Å². The number of nitrogens with one attached hydrogen (secondary N) is 1. The van der Waals surface area contributed by atoms with E-state index >= 15 is 0 Å². The molecule has 0 fully saturated rings. The number of hydrogen-bond acceptors (Lipinski definition) is 10. The first kappa shape index (κ1) is 29.2. The number of nitro benzene ring substituents is 1. The number of rotatable bonds is 10. The number of nitro groups is 1. The molecule has 0 atom stereocenters. The van der Waals surface area contributed by atoms with Crippen LogP contribution in [-0.4, -0.2) is 53.1 Å². The van der Waals surface area contributed by atoms with Gasteiger partial charge in [-0.1, -0.05) is 6.07 Å². The van der Waals surface area contributed by atoms with E-state index in [0.29, 0.717) is 16.0 Å². The van der Waals surface area contributed by atoms with Gasteiger partial charge in [0.25, 0.3) is 5.69 Å². The van der Waals surface area contributed by atoms with E-state index in [9.17, 15) is 28.5 Å². The molecule has 2 aromatic carbocycles. The molecule has 41 heavy (non-hydrogen) atoms. The van der Waals surface area contributed by atoms with Gasteiger partial charge in [0.15, 0.2) is 0 Å². The number of carbonyl (C=O) groups excluding carboxylic acids is 2. The predicted molar refractivity (Wildman–Crippen MR) is 146 cm³/mol. The fourth-order valence-electron chi connectivity index (χ4n) is 3.84. The maximum atomic E-state index is 14.0. The lowest BCUT2D eigenvalue weighted by molar-refractivity contribution is -0.384. The number of amides is 1. The zero-order valence-corrected chi connectivity index (χ0v) is 22.8. The number of ether oxygens (including phenoxy) is 2. The number of thiophene rings is 1. The van der Waals surface area contributed by atoms with Crippen molar-refractivity contribution in [3.05, 3.63) is 98.7 Å². The first-order valence-electron chi connectivity index (χ1n) is 11.9. The van der Waals surface area contributed by atoms with E-state index in [1.807, 2.05) is 0 Å². The average molecular weight is 584 g/mol. The summed E-state index contributed by atoms with van der Waals surface area (Å²) in [6.45, 7) is -0.451. The molecule has 0 aliphatic carbocycles.